The largest absolute Gasteiger partial charge is 0.433 e. The number of hydrogen-bond donors (Lipinski definition) is 0. The number of aromatic nitrogens is 1. The highest BCUT2D eigenvalue weighted by Gasteiger charge is 2.32. The van der Waals surface area contributed by atoms with Crippen LogP contribution in [0.3, 0.4) is 0 Å². The third-order valence-corrected chi connectivity index (χ3v) is 1.41. The van der Waals surface area contributed by atoms with Crippen LogP contribution >= 0.6 is 0 Å². The second-order valence-corrected chi connectivity index (χ2v) is 2.71. The van der Waals surface area contributed by atoms with E-state index < -0.39 is 17.7 Å². The molecule has 0 aliphatic carbocycles. The maximum Gasteiger partial charge on any atom is 0.433 e. The summed E-state index contributed by atoms with van der Waals surface area (Å²) in [5, 5.41) is 0. The first-order chi connectivity index (χ1) is 6.89. The quantitative estimate of drug-likeness (QED) is 0.617. The number of carbonyl (C=O) groups is 1. The van der Waals surface area contributed by atoms with Gasteiger partial charge >= 0.3 is 6.18 Å². The van der Waals surface area contributed by atoms with Crippen LogP contribution in [0.2, 0.25) is 0 Å². The van der Waals surface area contributed by atoms with Gasteiger partial charge in [-0.2, -0.15) is 13.2 Å². The summed E-state index contributed by atoms with van der Waals surface area (Å²) in [6.07, 6.45) is -4.49. The second kappa shape index (κ2) is 4.13. The summed E-state index contributed by atoms with van der Waals surface area (Å²) >= 11 is 0. The van der Waals surface area contributed by atoms with Crippen LogP contribution in [-0.4, -0.2) is 10.8 Å². The maximum atomic E-state index is 12.2. The van der Waals surface area contributed by atoms with Gasteiger partial charge in [0.05, 0.1) is 0 Å². The minimum Gasteiger partial charge on any atom is -0.285 e. The zero-order valence-electron chi connectivity index (χ0n) is 7.72. The van der Waals surface area contributed by atoms with Crippen molar-refractivity contribution >= 4 is 5.78 Å². The summed E-state index contributed by atoms with van der Waals surface area (Å²) in [4.78, 5) is 13.7. The van der Waals surface area contributed by atoms with Crippen molar-refractivity contribution in [2.24, 2.45) is 0 Å². The van der Waals surface area contributed by atoms with Gasteiger partial charge in [0.1, 0.15) is 11.4 Å². The van der Waals surface area contributed by atoms with Crippen molar-refractivity contribution < 1.29 is 18.0 Å². The zero-order valence-corrected chi connectivity index (χ0v) is 7.72. The molecule has 78 valence electrons. The van der Waals surface area contributed by atoms with Crippen molar-refractivity contribution in [2.45, 2.75) is 13.1 Å². The Morgan fingerprint density at radius 3 is 2.60 bits per heavy atom. The average Bonchev–Trinajstić information content (AvgIpc) is 2.14. The lowest BCUT2D eigenvalue weighted by Crippen LogP contribution is -2.08. The molecule has 5 heteroatoms. The van der Waals surface area contributed by atoms with E-state index in [4.69, 9.17) is 0 Å². The first kappa shape index (κ1) is 11.2. The van der Waals surface area contributed by atoms with Crippen LogP contribution in [0.5, 0.6) is 0 Å². The molecule has 1 rings (SSSR count). The lowest BCUT2D eigenvalue weighted by Gasteiger charge is -2.04. The smallest absolute Gasteiger partial charge is 0.285 e. The van der Waals surface area contributed by atoms with Gasteiger partial charge in [0, 0.05) is 6.92 Å². The lowest BCUT2D eigenvalue weighted by molar-refractivity contribution is -0.141. The van der Waals surface area contributed by atoms with Gasteiger partial charge in [-0.3, -0.25) is 4.79 Å². The van der Waals surface area contributed by atoms with Crippen molar-refractivity contribution in [3.8, 4) is 11.8 Å². The molecule has 0 amide bonds. The normalized spacial score (nSPS) is 10.4. The molecule has 15 heavy (non-hydrogen) atoms. The van der Waals surface area contributed by atoms with Crippen molar-refractivity contribution in [1.29, 1.82) is 0 Å². The minimum atomic E-state index is -4.49. The van der Waals surface area contributed by atoms with Gasteiger partial charge in [0.25, 0.3) is 0 Å². The molecular formula is C10H6F3NO. The van der Waals surface area contributed by atoms with Crippen LogP contribution in [0, 0.1) is 11.8 Å². The Morgan fingerprint density at radius 2 is 2.07 bits per heavy atom. The van der Waals surface area contributed by atoms with Gasteiger partial charge in [-0.15, -0.1) is 0 Å². The molecule has 1 aromatic rings. The molecule has 1 heterocycles. The number of carbonyl (C=O) groups excluding carboxylic acids is 1. The Balaban J connectivity index is 3.05. The molecule has 0 aromatic carbocycles. The third-order valence-electron chi connectivity index (χ3n) is 1.41. The molecule has 0 atom stereocenters. The summed E-state index contributed by atoms with van der Waals surface area (Å²) in [5.41, 5.74) is -1.09. The third kappa shape index (κ3) is 3.43. The number of ketones is 1. The first-order valence-electron chi connectivity index (χ1n) is 3.96. The maximum absolute atomic E-state index is 12.2. The Kier molecular flexibility index (Phi) is 3.10. The van der Waals surface area contributed by atoms with Crippen LogP contribution in [0.15, 0.2) is 18.2 Å². The Morgan fingerprint density at radius 1 is 1.40 bits per heavy atom. The predicted molar refractivity (Wildman–Crippen MR) is 46.8 cm³/mol. The monoisotopic (exact) mass is 213 g/mol. The molecular weight excluding hydrogens is 207 g/mol. The highest BCUT2D eigenvalue weighted by molar-refractivity contribution is 5.93. The van der Waals surface area contributed by atoms with Crippen molar-refractivity contribution in [3.63, 3.8) is 0 Å². The molecule has 0 saturated carbocycles. The van der Waals surface area contributed by atoms with Gasteiger partial charge in [-0.1, -0.05) is 6.07 Å². The number of rotatable bonds is 0. The number of nitrogens with zero attached hydrogens (tertiary/aromatic N) is 1. The summed E-state index contributed by atoms with van der Waals surface area (Å²) in [6.45, 7) is 1.22. The van der Waals surface area contributed by atoms with Crippen LogP contribution in [0.4, 0.5) is 13.2 Å². The SMILES string of the molecule is CC(=O)C#Cc1cccc(C(F)(F)F)n1. The predicted octanol–water partition coefficient (Wildman–Crippen LogP) is 2.04. The van der Waals surface area contributed by atoms with E-state index in [1.54, 1.807) is 0 Å². The van der Waals surface area contributed by atoms with Gasteiger partial charge in [0.15, 0.2) is 0 Å². The van der Waals surface area contributed by atoms with Crippen molar-refractivity contribution in [1.82, 2.24) is 4.98 Å². The first-order valence-corrected chi connectivity index (χ1v) is 3.96. The molecule has 0 bridgehead atoms. The van der Waals surface area contributed by atoms with Gasteiger partial charge < -0.3 is 0 Å². The van der Waals surface area contributed by atoms with E-state index in [-0.39, 0.29) is 5.69 Å². The molecule has 0 N–H and O–H groups in total. The molecule has 0 fully saturated rings. The number of Topliss-reactive ketones (excluding diaryl/α,β-unsaturated/α-hetero) is 1. The average molecular weight is 213 g/mol. The molecule has 2 nitrogen and oxygen atoms in total. The van der Waals surface area contributed by atoms with Crippen LogP contribution in [-0.2, 0) is 11.0 Å². The molecule has 0 spiro atoms. The van der Waals surface area contributed by atoms with Crippen LogP contribution < -0.4 is 0 Å². The molecule has 0 aliphatic rings. The van der Waals surface area contributed by atoms with Gasteiger partial charge in [-0.05, 0) is 24.0 Å². The zero-order chi connectivity index (χ0) is 11.5. The Bertz CT molecular complexity index is 440. The number of pyridine rings is 1. The van der Waals surface area contributed by atoms with E-state index in [0.717, 1.165) is 6.07 Å². The van der Waals surface area contributed by atoms with E-state index >= 15 is 0 Å². The topological polar surface area (TPSA) is 30.0 Å². The van der Waals surface area contributed by atoms with Gasteiger partial charge in [0.2, 0.25) is 5.78 Å². The van der Waals surface area contributed by atoms with E-state index in [1.165, 1.54) is 19.1 Å². The molecule has 0 saturated heterocycles. The van der Waals surface area contributed by atoms with E-state index in [2.05, 4.69) is 16.8 Å². The summed E-state index contributed by atoms with van der Waals surface area (Å²) < 4.78 is 36.6. The molecule has 0 aliphatic heterocycles. The summed E-state index contributed by atoms with van der Waals surface area (Å²) in [7, 11) is 0. The Hall–Kier alpha value is -1.83. The van der Waals surface area contributed by atoms with E-state index in [0.29, 0.717) is 0 Å². The number of alkyl halides is 3. The lowest BCUT2D eigenvalue weighted by atomic mass is 10.3. The fourth-order valence-electron chi connectivity index (χ4n) is 0.814. The summed E-state index contributed by atoms with van der Waals surface area (Å²) in [6, 6.07) is 3.35. The minimum absolute atomic E-state index is 0.0694. The fourth-order valence-corrected chi connectivity index (χ4v) is 0.814. The standard InChI is InChI=1S/C10H6F3NO/c1-7(15)5-6-8-3-2-4-9(14-8)10(11,12)13/h2-4H,1H3. The van der Waals surface area contributed by atoms with Crippen LogP contribution in [0.1, 0.15) is 18.3 Å². The summed E-state index contributed by atoms with van der Waals surface area (Å²) in [5.74, 6) is 3.95. The molecule has 0 unspecified atom stereocenters. The van der Waals surface area contributed by atoms with E-state index in [1.807, 2.05) is 0 Å². The highest BCUT2D eigenvalue weighted by Crippen LogP contribution is 2.27. The van der Waals surface area contributed by atoms with E-state index in [9.17, 15) is 18.0 Å². The van der Waals surface area contributed by atoms with Crippen molar-refractivity contribution in [3.05, 3.63) is 29.6 Å². The fraction of sp³-hybridized carbons (Fsp3) is 0.200. The van der Waals surface area contributed by atoms with Crippen molar-refractivity contribution in [2.75, 3.05) is 0 Å². The Labute approximate surface area is 84.1 Å². The second-order valence-electron chi connectivity index (χ2n) is 2.71. The number of hydrogen-bond acceptors (Lipinski definition) is 2. The van der Waals surface area contributed by atoms with Gasteiger partial charge in [-0.25, -0.2) is 4.98 Å². The number of halogens is 3. The highest BCUT2D eigenvalue weighted by atomic mass is 19.4. The molecule has 1 aromatic heterocycles. The molecule has 0 radical (unpaired) electrons. The van der Waals surface area contributed by atoms with Crippen LogP contribution in [0.25, 0.3) is 0 Å².